The second-order valence-corrected chi connectivity index (χ2v) is 4.63. The Hall–Kier alpha value is -1.76. The lowest BCUT2D eigenvalue weighted by Gasteiger charge is -2.17. The highest BCUT2D eigenvalue weighted by Gasteiger charge is 2.10. The van der Waals surface area contributed by atoms with Gasteiger partial charge in [0.2, 0.25) is 0 Å². The van der Waals surface area contributed by atoms with E-state index in [1.165, 1.54) is 5.57 Å². The predicted octanol–water partition coefficient (Wildman–Crippen LogP) is 5.07. The van der Waals surface area contributed by atoms with Crippen LogP contribution in [-0.4, -0.2) is 0 Å². The van der Waals surface area contributed by atoms with Gasteiger partial charge < -0.3 is 5.73 Å². The molecule has 0 aromatic heterocycles. The van der Waals surface area contributed by atoms with Crippen molar-refractivity contribution in [3.8, 4) is 0 Å². The topological polar surface area (TPSA) is 26.0 Å². The van der Waals surface area contributed by atoms with Crippen LogP contribution in [-0.2, 0) is 0 Å². The highest BCUT2D eigenvalue weighted by molar-refractivity contribution is 5.43. The molecular formula is C18H27N. The molecule has 0 radical (unpaired) electrons. The van der Waals surface area contributed by atoms with E-state index in [1.807, 2.05) is 19.1 Å². The molecule has 0 aromatic carbocycles. The van der Waals surface area contributed by atoms with E-state index in [4.69, 9.17) is 5.73 Å². The second kappa shape index (κ2) is 9.21. The summed E-state index contributed by atoms with van der Waals surface area (Å²) in [5.41, 5.74) is 9.63. The first-order valence-electron chi connectivity index (χ1n) is 6.73. The molecule has 0 saturated heterocycles. The third-order valence-corrected chi connectivity index (χ3v) is 3.24. The van der Waals surface area contributed by atoms with Gasteiger partial charge in [-0.3, -0.25) is 0 Å². The third-order valence-electron chi connectivity index (χ3n) is 3.24. The fraction of sp³-hybridized carbons (Fsp3) is 0.333. The molecule has 0 bridgehead atoms. The van der Waals surface area contributed by atoms with Crippen LogP contribution in [0, 0.1) is 5.92 Å². The number of allylic oxidation sites excluding steroid dienone is 7. The van der Waals surface area contributed by atoms with Crippen molar-refractivity contribution in [2.24, 2.45) is 11.7 Å². The van der Waals surface area contributed by atoms with Crippen molar-refractivity contribution >= 4 is 0 Å². The minimum atomic E-state index is 0.455. The molecule has 0 aliphatic carbocycles. The number of hydrogen-bond donors (Lipinski definition) is 1. The summed E-state index contributed by atoms with van der Waals surface area (Å²) in [7, 11) is 0. The van der Waals surface area contributed by atoms with Crippen LogP contribution in [0.2, 0.25) is 0 Å². The molecule has 0 rings (SSSR count). The zero-order valence-electron chi connectivity index (χ0n) is 12.6. The fourth-order valence-electron chi connectivity index (χ4n) is 1.90. The Morgan fingerprint density at radius 3 is 2.37 bits per heavy atom. The average molecular weight is 257 g/mol. The molecule has 0 aliphatic heterocycles. The molecule has 0 unspecified atom stereocenters. The Morgan fingerprint density at radius 1 is 1.32 bits per heavy atom. The zero-order chi connectivity index (χ0) is 14.8. The van der Waals surface area contributed by atoms with Gasteiger partial charge in [-0.05, 0) is 49.3 Å². The molecule has 0 saturated carbocycles. The summed E-state index contributed by atoms with van der Waals surface area (Å²) in [5, 5.41) is 0. The Labute approximate surface area is 118 Å². The Morgan fingerprint density at radius 2 is 1.95 bits per heavy atom. The van der Waals surface area contributed by atoms with Gasteiger partial charge in [0, 0.05) is 5.70 Å². The Balaban J connectivity index is 4.95. The molecule has 0 amide bonds. The molecule has 0 aromatic rings. The van der Waals surface area contributed by atoms with E-state index in [9.17, 15) is 0 Å². The molecule has 0 aliphatic rings. The molecule has 0 heterocycles. The van der Waals surface area contributed by atoms with Crippen LogP contribution in [0.5, 0.6) is 0 Å². The number of nitrogens with two attached hydrogens (primary N) is 1. The van der Waals surface area contributed by atoms with Crippen molar-refractivity contribution in [3.05, 3.63) is 72.5 Å². The van der Waals surface area contributed by atoms with E-state index in [2.05, 4.69) is 45.7 Å². The molecule has 104 valence electrons. The summed E-state index contributed by atoms with van der Waals surface area (Å²) in [6.45, 7) is 17.9. The first-order valence-corrected chi connectivity index (χ1v) is 6.73. The number of hydrogen-bond acceptors (Lipinski definition) is 1. The summed E-state index contributed by atoms with van der Waals surface area (Å²) in [4.78, 5) is 0. The van der Waals surface area contributed by atoms with Crippen LogP contribution in [0.4, 0.5) is 0 Å². The fourth-order valence-corrected chi connectivity index (χ4v) is 1.90. The van der Waals surface area contributed by atoms with E-state index < -0.39 is 0 Å². The van der Waals surface area contributed by atoms with Gasteiger partial charge in [0.25, 0.3) is 0 Å². The van der Waals surface area contributed by atoms with Gasteiger partial charge in [-0.2, -0.15) is 0 Å². The van der Waals surface area contributed by atoms with Crippen molar-refractivity contribution in [2.45, 2.75) is 33.6 Å². The van der Waals surface area contributed by atoms with Crippen molar-refractivity contribution in [1.82, 2.24) is 0 Å². The molecule has 2 N–H and O–H groups in total. The molecule has 1 heteroatoms. The molecule has 0 spiro atoms. The highest BCUT2D eigenvalue weighted by Crippen LogP contribution is 2.26. The van der Waals surface area contributed by atoms with Crippen molar-refractivity contribution in [1.29, 1.82) is 0 Å². The van der Waals surface area contributed by atoms with Gasteiger partial charge >= 0.3 is 0 Å². The zero-order valence-corrected chi connectivity index (χ0v) is 12.6. The highest BCUT2D eigenvalue weighted by atomic mass is 14.6. The Bertz CT molecular complexity index is 419. The van der Waals surface area contributed by atoms with Crippen LogP contribution in [0.15, 0.2) is 72.5 Å². The van der Waals surface area contributed by atoms with Crippen molar-refractivity contribution < 1.29 is 0 Å². The minimum Gasteiger partial charge on any atom is -0.399 e. The van der Waals surface area contributed by atoms with Gasteiger partial charge in [-0.25, -0.2) is 0 Å². The minimum absolute atomic E-state index is 0.455. The number of rotatable bonds is 8. The lowest BCUT2D eigenvalue weighted by Crippen LogP contribution is -2.04. The second-order valence-electron chi connectivity index (χ2n) is 4.63. The summed E-state index contributed by atoms with van der Waals surface area (Å²) in [6.07, 6.45) is 12.0. The average Bonchev–Trinajstić information content (AvgIpc) is 2.39. The third kappa shape index (κ3) is 6.10. The van der Waals surface area contributed by atoms with Gasteiger partial charge in [0.15, 0.2) is 0 Å². The first kappa shape index (κ1) is 17.2. The standard InChI is InChI=1S/C18H27N/c1-7-10-11-12-17(8-2)15(5)14(4)13-18(9-3)16(6)19/h7,9-11,13,17H,1,5-6,8,12,19H2,2-4H3/b11-10-,14-13+,18-9+/t17-/m0/s1. The van der Waals surface area contributed by atoms with E-state index in [0.29, 0.717) is 11.6 Å². The van der Waals surface area contributed by atoms with Gasteiger partial charge in [-0.15, -0.1) is 0 Å². The first-order chi connectivity index (χ1) is 8.97. The quantitative estimate of drug-likeness (QED) is 0.604. The van der Waals surface area contributed by atoms with E-state index in [-0.39, 0.29) is 0 Å². The molecule has 1 nitrogen and oxygen atoms in total. The van der Waals surface area contributed by atoms with Crippen LogP contribution in [0.25, 0.3) is 0 Å². The molecular weight excluding hydrogens is 230 g/mol. The summed E-state index contributed by atoms with van der Waals surface area (Å²) >= 11 is 0. The maximum Gasteiger partial charge on any atom is 0.0311 e. The van der Waals surface area contributed by atoms with Gasteiger partial charge in [-0.1, -0.05) is 57.0 Å². The van der Waals surface area contributed by atoms with Crippen molar-refractivity contribution in [3.63, 3.8) is 0 Å². The van der Waals surface area contributed by atoms with Crippen LogP contribution < -0.4 is 5.73 Å². The Kier molecular flexibility index (Phi) is 8.35. The van der Waals surface area contributed by atoms with Gasteiger partial charge in [0.1, 0.15) is 0 Å². The smallest absolute Gasteiger partial charge is 0.0311 e. The van der Waals surface area contributed by atoms with Crippen LogP contribution >= 0.6 is 0 Å². The van der Waals surface area contributed by atoms with Crippen LogP contribution in [0.3, 0.4) is 0 Å². The summed E-state index contributed by atoms with van der Waals surface area (Å²) in [5.74, 6) is 0.455. The van der Waals surface area contributed by atoms with Crippen LogP contribution in [0.1, 0.15) is 33.6 Å². The predicted molar refractivity (Wildman–Crippen MR) is 87.7 cm³/mol. The SMILES string of the molecule is C=C/C=C\C[C@H](CC)C(=C)/C(C)=C/C(=C\C)C(=C)N. The van der Waals surface area contributed by atoms with E-state index >= 15 is 0 Å². The van der Waals surface area contributed by atoms with Crippen molar-refractivity contribution in [2.75, 3.05) is 0 Å². The van der Waals surface area contributed by atoms with Gasteiger partial charge in [0.05, 0.1) is 0 Å². The maximum atomic E-state index is 5.74. The maximum absolute atomic E-state index is 5.74. The molecule has 1 atom stereocenters. The molecule has 19 heavy (non-hydrogen) atoms. The van der Waals surface area contributed by atoms with E-state index in [1.54, 1.807) is 6.08 Å². The summed E-state index contributed by atoms with van der Waals surface area (Å²) < 4.78 is 0. The lowest BCUT2D eigenvalue weighted by atomic mass is 9.88. The monoisotopic (exact) mass is 257 g/mol. The van der Waals surface area contributed by atoms with E-state index in [0.717, 1.165) is 24.0 Å². The largest absolute Gasteiger partial charge is 0.399 e. The normalized spacial score (nSPS) is 14.5. The summed E-state index contributed by atoms with van der Waals surface area (Å²) in [6, 6.07) is 0. The molecule has 0 fully saturated rings. The lowest BCUT2D eigenvalue weighted by molar-refractivity contribution is 0.608.